The number of benzene rings is 3. The summed E-state index contributed by atoms with van der Waals surface area (Å²) in [7, 11) is -1.19. The van der Waals surface area contributed by atoms with Crippen LogP contribution in [-0.2, 0) is 22.0 Å². The van der Waals surface area contributed by atoms with Crippen molar-refractivity contribution in [2.75, 3.05) is 5.75 Å². The van der Waals surface area contributed by atoms with Crippen molar-refractivity contribution in [2.45, 2.75) is 57.3 Å². The Morgan fingerprint density at radius 1 is 0.861 bits per heavy atom. The van der Waals surface area contributed by atoms with Crippen molar-refractivity contribution in [3.8, 4) is 0 Å². The van der Waals surface area contributed by atoms with Gasteiger partial charge in [0.1, 0.15) is 11.6 Å². The Morgan fingerprint density at radius 3 is 2.19 bits per heavy atom. The third kappa shape index (κ3) is 8.52. The van der Waals surface area contributed by atoms with Crippen LogP contribution in [0.2, 0.25) is 0 Å². The number of carboxylic acid groups (broad SMARTS) is 1. The summed E-state index contributed by atoms with van der Waals surface area (Å²) in [5, 5.41) is 8.73. The van der Waals surface area contributed by atoms with Crippen molar-refractivity contribution in [3.05, 3.63) is 100 Å². The van der Waals surface area contributed by atoms with Crippen LogP contribution in [0.15, 0.2) is 65.6 Å². The summed E-state index contributed by atoms with van der Waals surface area (Å²) in [6, 6.07) is 17.2. The van der Waals surface area contributed by atoms with Gasteiger partial charge in [-0.1, -0.05) is 36.4 Å². The average molecular weight is 511 g/mol. The number of carboxylic acids is 1. The predicted molar refractivity (Wildman–Crippen MR) is 142 cm³/mol. The molecule has 6 heteroatoms. The normalized spacial score (nSPS) is 12.5. The van der Waals surface area contributed by atoms with Crippen molar-refractivity contribution in [2.24, 2.45) is 0 Å². The molecule has 0 spiro atoms. The van der Waals surface area contributed by atoms with E-state index >= 15 is 0 Å². The summed E-state index contributed by atoms with van der Waals surface area (Å²) in [5.41, 5.74) is 5.65. The average Bonchev–Trinajstić information content (AvgIpc) is 2.83. The highest BCUT2D eigenvalue weighted by Crippen LogP contribution is 2.26. The summed E-state index contributed by atoms with van der Waals surface area (Å²) in [5.74, 6) is -1.60. The number of aryl methyl sites for hydroxylation is 3. The van der Waals surface area contributed by atoms with Gasteiger partial charge in [0, 0.05) is 23.1 Å². The maximum absolute atomic E-state index is 13.9. The van der Waals surface area contributed by atoms with Gasteiger partial charge in [0.25, 0.3) is 0 Å². The lowest BCUT2D eigenvalue weighted by molar-refractivity contribution is -0.137. The molecule has 0 bridgehead atoms. The number of carbonyl (C=O) groups is 1. The quantitative estimate of drug-likeness (QED) is 0.203. The summed E-state index contributed by atoms with van der Waals surface area (Å²) in [6.07, 6.45) is 5.47. The number of rotatable bonds is 12. The summed E-state index contributed by atoms with van der Waals surface area (Å²) in [6.45, 7) is 4.06. The van der Waals surface area contributed by atoms with Gasteiger partial charge in [0.05, 0.1) is 10.8 Å². The highest BCUT2D eigenvalue weighted by molar-refractivity contribution is 7.85. The Morgan fingerprint density at radius 2 is 1.56 bits per heavy atom. The molecule has 1 atom stereocenters. The van der Waals surface area contributed by atoms with E-state index in [9.17, 15) is 17.8 Å². The van der Waals surface area contributed by atoms with E-state index in [-0.39, 0.29) is 6.42 Å². The fourth-order valence-corrected chi connectivity index (χ4v) is 5.10. The van der Waals surface area contributed by atoms with Crippen LogP contribution in [0.25, 0.3) is 11.6 Å². The maximum Gasteiger partial charge on any atom is 0.303 e. The van der Waals surface area contributed by atoms with Crippen molar-refractivity contribution >= 4 is 28.4 Å². The molecular weight excluding hydrogens is 478 g/mol. The molecule has 0 saturated heterocycles. The molecule has 1 unspecified atom stereocenters. The lowest BCUT2D eigenvalue weighted by atomic mass is 9.97. The van der Waals surface area contributed by atoms with Gasteiger partial charge < -0.3 is 5.11 Å². The number of allylic oxidation sites excluding steroid dienone is 1. The topological polar surface area (TPSA) is 54.4 Å². The SMILES string of the molecule is Cc1ccc(/C=C(\CCCS(=O)c2ccc(CCCCC(=O)O)cc2)c2cc(F)cc(F)c2)cc1C. The fourth-order valence-electron chi connectivity index (χ4n) is 4.02. The van der Waals surface area contributed by atoms with Gasteiger partial charge >= 0.3 is 5.97 Å². The first kappa shape index (κ1) is 27.5. The minimum absolute atomic E-state index is 0.171. The molecule has 0 radical (unpaired) electrons. The summed E-state index contributed by atoms with van der Waals surface area (Å²) < 4.78 is 40.7. The lowest BCUT2D eigenvalue weighted by Gasteiger charge is -2.11. The smallest absolute Gasteiger partial charge is 0.303 e. The molecule has 3 nitrogen and oxygen atoms in total. The minimum Gasteiger partial charge on any atom is -0.481 e. The van der Waals surface area contributed by atoms with E-state index in [0.717, 1.165) is 46.1 Å². The first-order valence-corrected chi connectivity index (χ1v) is 13.5. The van der Waals surface area contributed by atoms with Crippen LogP contribution in [0.5, 0.6) is 0 Å². The Bertz CT molecular complexity index is 1230. The largest absolute Gasteiger partial charge is 0.481 e. The second-order valence-electron chi connectivity index (χ2n) is 9.07. The lowest BCUT2D eigenvalue weighted by Crippen LogP contribution is -2.00. The number of unbranched alkanes of at least 4 members (excludes halogenated alkanes) is 1. The van der Waals surface area contributed by atoms with Crippen molar-refractivity contribution in [1.29, 1.82) is 0 Å². The van der Waals surface area contributed by atoms with Gasteiger partial charge in [-0.15, -0.1) is 0 Å². The number of halogens is 2. The van der Waals surface area contributed by atoms with Crippen molar-refractivity contribution in [1.82, 2.24) is 0 Å². The van der Waals surface area contributed by atoms with E-state index in [1.54, 1.807) is 0 Å². The van der Waals surface area contributed by atoms with Gasteiger partial charge in [0.2, 0.25) is 0 Å². The second-order valence-corrected chi connectivity index (χ2v) is 10.6. The molecule has 0 saturated carbocycles. The number of hydrogen-bond acceptors (Lipinski definition) is 2. The maximum atomic E-state index is 13.9. The number of hydrogen-bond donors (Lipinski definition) is 1. The molecule has 36 heavy (non-hydrogen) atoms. The van der Waals surface area contributed by atoms with E-state index < -0.39 is 28.4 Å². The highest BCUT2D eigenvalue weighted by Gasteiger charge is 2.10. The summed E-state index contributed by atoms with van der Waals surface area (Å²) >= 11 is 0. The molecule has 0 heterocycles. The molecule has 0 aliphatic rings. The van der Waals surface area contributed by atoms with Crippen LogP contribution < -0.4 is 0 Å². The Labute approximate surface area is 214 Å². The van der Waals surface area contributed by atoms with E-state index in [4.69, 9.17) is 5.11 Å². The fraction of sp³-hybridized carbons (Fsp3) is 0.300. The zero-order valence-electron chi connectivity index (χ0n) is 20.7. The predicted octanol–water partition coefficient (Wildman–Crippen LogP) is 7.51. The molecule has 0 fully saturated rings. The molecule has 3 rings (SSSR count). The third-order valence-electron chi connectivity index (χ3n) is 6.17. The van der Waals surface area contributed by atoms with Gasteiger partial charge in [-0.3, -0.25) is 9.00 Å². The van der Waals surface area contributed by atoms with E-state index in [1.807, 2.05) is 62.4 Å². The molecule has 3 aromatic carbocycles. The van der Waals surface area contributed by atoms with Gasteiger partial charge in [-0.25, -0.2) is 8.78 Å². The minimum atomic E-state index is -1.19. The van der Waals surface area contributed by atoms with Gasteiger partial charge in [-0.2, -0.15) is 0 Å². The molecule has 190 valence electrons. The molecule has 0 aliphatic heterocycles. The first-order chi connectivity index (χ1) is 17.2. The van der Waals surface area contributed by atoms with Crippen LogP contribution in [0.3, 0.4) is 0 Å². The molecule has 0 aromatic heterocycles. The highest BCUT2D eigenvalue weighted by atomic mass is 32.2. The van der Waals surface area contributed by atoms with Crippen LogP contribution in [0, 0.1) is 25.5 Å². The molecular formula is C30H32F2O3S. The van der Waals surface area contributed by atoms with E-state index in [1.165, 1.54) is 17.7 Å². The van der Waals surface area contributed by atoms with Crippen LogP contribution in [0.4, 0.5) is 8.78 Å². The summed E-state index contributed by atoms with van der Waals surface area (Å²) in [4.78, 5) is 11.4. The van der Waals surface area contributed by atoms with Crippen molar-refractivity contribution in [3.63, 3.8) is 0 Å². The zero-order chi connectivity index (χ0) is 26.1. The van der Waals surface area contributed by atoms with Crippen LogP contribution in [0.1, 0.15) is 59.9 Å². The van der Waals surface area contributed by atoms with E-state index in [2.05, 4.69) is 0 Å². The van der Waals surface area contributed by atoms with Gasteiger partial charge in [0.15, 0.2) is 0 Å². The Balaban J connectivity index is 1.65. The second kappa shape index (κ2) is 13.3. The standard InChI is InChI=1S/C30H32F2O3S/c1-21-9-10-24(16-22(21)2)17-25(26-18-27(31)20-28(32)19-26)7-5-15-36(35)29-13-11-23(12-14-29)6-3-4-8-30(33)34/h9-14,16-20H,3-8,15H2,1-2H3,(H,33,34)/b25-17+. The molecule has 0 aliphatic carbocycles. The molecule has 1 N–H and O–H groups in total. The molecule has 0 amide bonds. The third-order valence-corrected chi connectivity index (χ3v) is 7.63. The Hall–Kier alpha value is -3.12. The monoisotopic (exact) mass is 510 g/mol. The van der Waals surface area contributed by atoms with Crippen molar-refractivity contribution < 1.29 is 22.9 Å². The van der Waals surface area contributed by atoms with E-state index in [0.29, 0.717) is 30.6 Å². The van der Waals surface area contributed by atoms with Gasteiger partial charge in [-0.05, 0) is 104 Å². The van der Waals surface area contributed by atoms with Crippen LogP contribution >= 0.6 is 0 Å². The van der Waals surface area contributed by atoms with Crippen LogP contribution in [-0.4, -0.2) is 21.0 Å². The first-order valence-electron chi connectivity index (χ1n) is 12.1. The Kier molecular flexibility index (Phi) is 10.1. The number of aliphatic carboxylic acids is 1. The molecule has 3 aromatic rings. The zero-order valence-corrected chi connectivity index (χ0v) is 21.5.